The molecule has 0 amide bonds. The van der Waals surface area contributed by atoms with E-state index >= 15 is 0 Å². The van der Waals surface area contributed by atoms with Crippen LogP contribution in [0.1, 0.15) is 106 Å². The summed E-state index contributed by atoms with van der Waals surface area (Å²) in [5, 5.41) is 64.6. The van der Waals surface area contributed by atoms with Crippen molar-refractivity contribution in [1.82, 2.24) is 0 Å². The lowest BCUT2D eigenvalue weighted by Gasteiger charge is -2.67. The van der Waals surface area contributed by atoms with E-state index in [1.54, 1.807) is 0 Å². The molecular formula is C35H60O8. The largest absolute Gasteiger partial charge is 0.394 e. The van der Waals surface area contributed by atoms with E-state index in [0.717, 1.165) is 51.4 Å². The lowest BCUT2D eigenvalue weighted by molar-refractivity contribution is -0.335. The fourth-order valence-electron chi connectivity index (χ4n) is 11.2. The Balaban J connectivity index is 1.46. The van der Waals surface area contributed by atoms with E-state index < -0.39 is 49.0 Å². The molecule has 248 valence electrons. The summed E-state index contributed by atoms with van der Waals surface area (Å²) in [5.41, 5.74) is 0.238. The predicted molar refractivity (Wildman–Crippen MR) is 164 cm³/mol. The minimum Gasteiger partial charge on any atom is -0.394 e. The first-order valence-corrected chi connectivity index (χ1v) is 17.0. The molecule has 4 saturated carbocycles. The molecule has 0 aromatic carbocycles. The van der Waals surface area contributed by atoms with E-state index in [1.165, 1.54) is 5.57 Å². The number of ether oxygens (including phenoxy) is 2. The zero-order chi connectivity index (χ0) is 31.7. The highest BCUT2D eigenvalue weighted by atomic mass is 16.7. The van der Waals surface area contributed by atoms with Gasteiger partial charge in [0.1, 0.15) is 24.4 Å². The predicted octanol–water partition coefficient (Wildman–Crippen LogP) is 3.93. The van der Waals surface area contributed by atoms with Crippen LogP contribution in [0.5, 0.6) is 0 Å². The van der Waals surface area contributed by atoms with Crippen LogP contribution in [-0.2, 0) is 9.47 Å². The second-order valence-electron chi connectivity index (χ2n) is 16.6. The Morgan fingerprint density at radius 1 is 0.884 bits per heavy atom. The van der Waals surface area contributed by atoms with Crippen LogP contribution in [0, 0.1) is 45.8 Å². The molecule has 6 N–H and O–H groups in total. The Hall–Kier alpha value is -0.580. The van der Waals surface area contributed by atoms with Crippen molar-refractivity contribution < 1.29 is 40.1 Å². The first-order valence-electron chi connectivity index (χ1n) is 17.0. The van der Waals surface area contributed by atoms with E-state index in [-0.39, 0.29) is 34.2 Å². The first-order chi connectivity index (χ1) is 20.0. The molecule has 8 heteroatoms. The molecule has 1 heterocycles. The van der Waals surface area contributed by atoms with Crippen molar-refractivity contribution in [1.29, 1.82) is 0 Å². The number of fused-ring (bicyclic) bond motifs is 5. The monoisotopic (exact) mass is 608 g/mol. The minimum atomic E-state index is -1.50. The van der Waals surface area contributed by atoms with Crippen LogP contribution in [0.25, 0.3) is 0 Å². The van der Waals surface area contributed by atoms with Gasteiger partial charge in [-0.1, -0.05) is 39.3 Å². The topological polar surface area (TPSA) is 140 Å². The standard InChI is InChI=1S/C35H60O8/c1-19(2)9-8-14-35(7,43-31-30(41)29(40)28(39)25(18-36)42-31)22-13-16-34(6)27(22)24(37)17-23-20-10-11-26(38)32(3,4)21(20)12-15-33(23,34)5/h9,20-31,36-41H,8,10-18H2,1-7H3/t20?,21?,22?,23?,24?,25-,26?,27?,28-,29+,30-,31+,33?,34?,35?/m1/s1. The SMILES string of the molecule is CC(C)=CCCC(C)(O[C@@H]1O[C@H](CO)[C@@H](O)[C@H](O)[C@H]1O)C1CCC2(C)C1C(O)CC1C3CCC(O)C(C)(C)C3CCC12C. The molecule has 0 spiro atoms. The van der Waals surface area contributed by atoms with Gasteiger partial charge in [0.25, 0.3) is 0 Å². The Labute approximate surface area is 258 Å². The molecule has 10 unspecified atom stereocenters. The molecule has 8 nitrogen and oxygen atoms in total. The number of allylic oxidation sites excluding steroid dienone is 2. The fourth-order valence-corrected chi connectivity index (χ4v) is 11.2. The Morgan fingerprint density at radius 3 is 2.21 bits per heavy atom. The van der Waals surface area contributed by atoms with E-state index in [9.17, 15) is 30.6 Å². The molecule has 1 saturated heterocycles. The zero-order valence-corrected chi connectivity index (χ0v) is 27.6. The van der Waals surface area contributed by atoms with Crippen molar-refractivity contribution in [2.45, 2.75) is 155 Å². The van der Waals surface area contributed by atoms with Gasteiger partial charge in [0.2, 0.25) is 0 Å². The molecule has 43 heavy (non-hydrogen) atoms. The van der Waals surface area contributed by atoms with Crippen molar-refractivity contribution in [2.24, 2.45) is 45.8 Å². The number of aliphatic hydroxyl groups excluding tert-OH is 6. The van der Waals surface area contributed by atoms with Crippen molar-refractivity contribution in [3.63, 3.8) is 0 Å². The summed E-state index contributed by atoms with van der Waals surface area (Å²) in [6.45, 7) is 15.0. The van der Waals surface area contributed by atoms with Gasteiger partial charge in [-0.3, -0.25) is 0 Å². The zero-order valence-electron chi connectivity index (χ0n) is 27.6. The van der Waals surface area contributed by atoms with Crippen molar-refractivity contribution in [3.05, 3.63) is 11.6 Å². The lowest BCUT2D eigenvalue weighted by Crippen LogP contribution is -2.64. The smallest absolute Gasteiger partial charge is 0.187 e. The van der Waals surface area contributed by atoms with Gasteiger partial charge in [-0.05, 0) is 124 Å². The van der Waals surface area contributed by atoms with Crippen LogP contribution in [0.15, 0.2) is 11.6 Å². The van der Waals surface area contributed by atoms with E-state index in [2.05, 4.69) is 54.5 Å². The van der Waals surface area contributed by atoms with Gasteiger partial charge in [0, 0.05) is 0 Å². The molecular weight excluding hydrogens is 548 g/mol. The third-order valence-corrected chi connectivity index (χ3v) is 14.0. The van der Waals surface area contributed by atoms with Gasteiger partial charge in [-0.25, -0.2) is 0 Å². The average molecular weight is 609 g/mol. The summed E-state index contributed by atoms with van der Waals surface area (Å²) in [4.78, 5) is 0. The second kappa shape index (κ2) is 11.9. The van der Waals surface area contributed by atoms with Crippen LogP contribution in [0.2, 0.25) is 0 Å². The number of hydrogen-bond donors (Lipinski definition) is 6. The highest BCUT2D eigenvalue weighted by Gasteiger charge is 2.69. The van der Waals surface area contributed by atoms with E-state index in [0.29, 0.717) is 24.2 Å². The molecule has 5 fully saturated rings. The highest BCUT2D eigenvalue weighted by molar-refractivity contribution is 5.18. The van der Waals surface area contributed by atoms with Crippen LogP contribution < -0.4 is 0 Å². The number of aliphatic hydroxyl groups is 6. The molecule has 1 aliphatic heterocycles. The van der Waals surface area contributed by atoms with Gasteiger partial charge in [0.15, 0.2) is 6.29 Å². The quantitative estimate of drug-likeness (QED) is 0.239. The van der Waals surface area contributed by atoms with Crippen molar-refractivity contribution >= 4 is 0 Å². The van der Waals surface area contributed by atoms with Crippen LogP contribution >= 0.6 is 0 Å². The second-order valence-corrected chi connectivity index (χ2v) is 16.6. The van der Waals surface area contributed by atoms with Crippen molar-refractivity contribution in [2.75, 3.05) is 6.61 Å². The van der Waals surface area contributed by atoms with Gasteiger partial charge in [0.05, 0.1) is 24.4 Å². The van der Waals surface area contributed by atoms with Crippen molar-refractivity contribution in [3.8, 4) is 0 Å². The van der Waals surface area contributed by atoms with Gasteiger partial charge in [-0.15, -0.1) is 0 Å². The minimum absolute atomic E-state index is 0.00548. The molecule has 5 aliphatic rings. The lowest BCUT2D eigenvalue weighted by atomic mass is 9.39. The third kappa shape index (κ3) is 5.38. The molecule has 15 atom stereocenters. The first kappa shape index (κ1) is 33.8. The highest BCUT2D eigenvalue weighted by Crippen LogP contribution is 2.73. The molecule has 4 aliphatic carbocycles. The Bertz CT molecular complexity index is 1030. The van der Waals surface area contributed by atoms with Crippen LogP contribution in [0.4, 0.5) is 0 Å². The summed E-state index contributed by atoms with van der Waals surface area (Å²) in [6.07, 6.45) is 2.81. The summed E-state index contributed by atoms with van der Waals surface area (Å²) >= 11 is 0. The molecule has 0 aromatic rings. The van der Waals surface area contributed by atoms with E-state index in [1.807, 2.05) is 0 Å². The fraction of sp³-hybridized carbons (Fsp3) is 0.943. The molecule has 0 aromatic heterocycles. The normalized spacial score (nSPS) is 50.6. The molecule has 0 radical (unpaired) electrons. The molecule has 5 rings (SSSR count). The molecule has 0 bridgehead atoms. The third-order valence-electron chi connectivity index (χ3n) is 14.0. The van der Waals surface area contributed by atoms with Gasteiger partial charge in [-0.2, -0.15) is 0 Å². The van der Waals surface area contributed by atoms with E-state index in [4.69, 9.17) is 9.47 Å². The maximum absolute atomic E-state index is 12.1. The average Bonchev–Trinajstić information content (AvgIpc) is 3.32. The Kier molecular flexibility index (Phi) is 9.34. The van der Waals surface area contributed by atoms with Crippen LogP contribution in [-0.4, -0.2) is 85.8 Å². The van der Waals surface area contributed by atoms with Crippen LogP contribution in [0.3, 0.4) is 0 Å². The maximum atomic E-state index is 12.1. The maximum Gasteiger partial charge on any atom is 0.187 e. The number of rotatable bonds is 7. The number of hydrogen-bond acceptors (Lipinski definition) is 8. The summed E-state index contributed by atoms with van der Waals surface area (Å²) in [6, 6.07) is 0. The summed E-state index contributed by atoms with van der Waals surface area (Å²) in [7, 11) is 0. The van der Waals surface area contributed by atoms with Gasteiger partial charge < -0.3 is 40.1 Å². The Morgan fingerprint density at radius 2 is 1.56 bits per heavy atom. The van der Waals surface area contributed by atoms with Gasteiger partial charge >= 0.3 is 0 Å². The summed E-state index contributed by atoms with van der Waals surface area (Å²) in [5.74, 6) is 1.34. The summed E-state index contributed by atoms with van der Waals surface area (Å²) < 4.78 is 12.6.